The average molecular weight is 396 g/mol. The van der Waals surface area contributed by atoms with E-state index in [1.54, 1.807) is 24.3 Å². The number of aryl methyl sites for hydroxylation is 1. The molecule has 0 spiro atoms. The van der Waals surface area contributed by atoms with Crippen molar-refractivity contribution >= 4 is 23.5 Å². The van der Waals surface area contributed by atoms with Crippen LogP contribution in [0.2, 0.25) is 0 Å². The summed E-state index contributed by atoms with van der Waals surface area (Å²) < 4.78 is 39.3. The number of urea groups is 1. The highest BCUT2D eigenvalue weighted by atomic mass is 19.4. The van der Waals surface area contributed by atoms with Crippen LogP contribution >= 0.6 is 0 Å². The molecule has 28 heavy (non-hydrogen) atoms. The maximum absolute atomic E-state index is 13.1. The van der Waals surface area contributed by atoms with Crippen LogP contribution in [0.3, 0.4) is 0 Å². The molecule has 0 fully saturated rings. The van der Waals surface area contributed by atoms with Crippen molar-refractivity contribution in [1.29, 1.82) is 0 Å². The van der Waals surface area contributed by atoms with Crippen molar-refractivity contribution in [2.45, 2.75) is 19.5 Å². The molecule has 3 N–H and O–H groups in total. The lowest BCUT2D eigenvalue weighted by atomic mass is 10.2. The van der Waals surface area contributed by atoms with Gasteiger partial charge in [-0.2, -0.15) is 18.2 Å². The van der Waals surface area contributed by atoms with Gasteiger partial charge in [0.1, 0.15) is 5.82 Å². The summed E-state index contributed by atoms with van der Waals surface area (Å²) in [5, 5.41) is 7.60. The van der Waals surface area contributed by atoms with E-state index in [0.29, 0.717) is 12.2 Å². The number of nitrogens with one attached hydrogen (secondary N) is 3. The molecule has 2 aromatic rings. The van der Waals surface area contributed by atoms with Gasteiger partial charge < -0.3 is 15.5 Å². The molecule has 0 radical (unpaired) electrons. The van der Waals surface area contributed by atoms with Crippen molar-refractivity contribution in [3.05, 3.63) is 41.6 Å². The minimum Gasteiger partial charge on any atom is -0.370 e. The first-order valence-electron chi connectivity index (χ1n) is 8.63. The van der Waals surface area contributed by atoms with Gasteiger partial charge in [-0.3, -0.25) is 5.32 Å². The second kappa shape index (κ2) is 9.36. The number of carbonyl (C=O) groups is 1. The summed E-state index contributed by atoms with van der Waals surface area (Å²) in [5.41, 5.74) is 0.373. The Morgan fingerprint density at radius 2 is 1.79 bits per heavy atom. The van der Waals surface area contributed by atoms with Crippen LogP contribution in [-0.4, -0.2) is 48.1 Å². The van der Waals surface area contributed by atoms with E-state index in [0.717, 1.165) is 24.6 Å². The van der Waals surface area contributed by atoms with Gasteiger partial charge >= 0.3 is 12.2 Å². The molecule has 152 valence electrons. The average Bonchev–Trinajstić information content (AvgIpc) is 2.59. The number of aromatic nitrogens is 2. The van der Waals surface area contributed by atoms with Gasteiger partial charge in [0, 0.05) is 18.3 Å². The highest BCUT2D eigenvalue weighted by Crippen LogP contribution is 2.29. The topological polar surface area (TPSA) is 82.2 Å². The molecule has 0 saturated carbocycles. The number of halogens is 3. The van der Waals surface area contributed by atoms with E-state index in [4.69, 9.17) is 0 Å². The fourth-order valence-electron chi connectivity index (χ4n) is 2.25. The summed E-state index contributed by atoms with van der Waals surface area (Å²) in [7, 11) is 3.81. The van der Waals surface area contributed by atoms with E-state index in [1.165, 1.54) is 0 Å². The standard InChI is InChI=1S/C18H23F3N6O/c1-12-5-7-13(8-6-12)23-17(28)26-16-24-14(18(19,20)21)11-15(25-16)22-9-4-10-27(2)3/h5-8,11H,4,9-10H2,1-3H3,(H3,22,23,24,25,26,28). The Hall–Kier alpha value is -2.88. The highest BCUT2D eigenvalue weighted by Gasteiger charge is 2.34. The third-order valence-corrected chi connectivity index (χ3v) is 3.64. The predicted octanol–water partition coefficient (Wildman–Crippen LogP) is 3.81. The third kappa shape index (κ3) is 7.03. The summed E-state index contributed by atoms with van der Waals surface area (Å²) in [5.74, 6) is -0.443. The number of hydrogen-bond acceptors (Lipinski definition) is 5. The molecule has 10 heteroatoms. The van der Waals surface area contributed by atoms with Crippen LogP contribution in [0.1, 0.15) is 17.7 Å². The summed E-state index contributed by atoms with van der Waals surface area (Å²) in [4.78, 5) is 21.4. The smallest absolute Gasteiger partial charge is 0.370 e. The van der Waals surface area contributed by atoms with E-state index in [9.17, 15) is 18.0 Å². The zero-order valence-electron chi connectivity index (χ0n) is 15.9. The van der Waals surface area contributed by atoms with Gasteiger partial charge in [-0.1, -0.05) is 17.7 Å². The Bertz CT molecular complexity index is 793. The highest BCUT2D eigenvalue weighted by molar-refractivity contribution is 5.98. The molecule has 0 saturated heterocycles. The van der Waals surface area contributed by atoms with Gasteiger partial charge in [-0.05, 0) is 46.1 Å². The molecule has 0 unspecified atom stereocenters. The van der Waals surface area contributed by atoms with Crippen LogP contribution in [0.5, 0.6) is 0 Å². The molecule has 1 aromatic heterocycles. The SMILES string of the molecule is Cc1ccc(NC(=O)Nc2nc(NCCCN(C)C)cc(C(F)(F)F)n2)cc1. The second-order valence-electron chi connectivity index (χ2n) is 6.49. The first-order valence-corrected chi connectivity index (χ1v) is 8.63. The van der Waals surface area contributed by atoms with Gasteiger partial charge in [0.05, 0.1) is 0 Å². The minimum absolute atomic E-state index is 0.00767. The Balaban J connectivity index is 2.09. The number of hydrogen-bond donors (Lipinski definition) is 3. The van der Waals surface area contributed by atoms with Crippen molar-refractivity contribution in [1.82, 2.24) is 14.9 Å². The summed E-state index contributed by atoms with van der Waals surface area (Å²) >= 11 is 0. The fraction of sp³-hybridized carbons (Fsp3) is 0.389. The molecule has 0 aliphatic heterocycles. The minimum atomic E-state index is -4.66. The third-order valence-electron chi connectivity index (χ3n) is 3.64. The molecular weight excluding hydrogens is 373 g/mol. The largest absolute Gasteiger partial charge is 0.433 e. The molecule has 2 rings (SSSR count). The monoisotopic (exact) mass is 396 g/mol. The van der Waals surface area contributed by atoms with E-state index < -0.39 is 23.8 Å². The maximum atomic E-state index is 13.1. The Labute approximate surface area is 161 Å². The number of carbonyl (C=O) groups excluding carboxylic acids is 1. The van der Waals surface area contributed by atoms with Gasteiger partial charge in [-0.15, -0.1) is 0 Å². The molecule has 0 aliphatic rings. The van der Waals surface area contributed by atoms with Crippen LogP contribution in [0.4, 0.5) is 35.4 Å². The van der Waals surface area contributed by atoms with Crippen LogP contribution < -0.4 is 16.0 Å². The predicted molar refractivity (Wildman–Crippen MR) is 103 cm³/mol. The summed E-state index contributed by atoms with van der Waals surface area (Å²) in [6, 6.07) is 7.04. The second-order valence-corrected chi connectivity index (χ2v) is 6.49. The molecule has 0 aliphatic carbocycles. The molecular formula is C18H23F3N6O. The molecule has 1 aromatic carbocycles. The van der Waals surface area contributed by atoms with Crippen molar-refractivity contribution < 1.29 is 18.0 Å². The lowest BCUT2D eigenvalue weighted by molar-refractivity contribution is -0.141. The van der Waals surface area contributed by atoms with Gasteiger partial charge in [-0.25, -0.2) is 9.78 Å². The number of benzene rings is 1. The first kappa shape index (κ1) is 21.4. The van der Waals surface area contributed by atoms with Gasteiger partial charge in [0.25, 0.3) is 0 Å². The number of anilines is 3. The Morgan fingerprint density at radius 1 is 1.11 bits per heavy atom. The summed E-state index contributed by atoms with van der Waals surface area (Å²) in [6.45, 7) is 3.10. The normalized spacial score (nSPS) is 11.4. The Kier molecular flexibility index (Phi) is 7.16. The number of nitrogens with zero attached hydrogens (tertiary/aromatic N) is 3. The number of rotatable bonds is 7. The van der Waals surface area contributed by atoms with Crippen molar-refractivity contribution in [3.63, 3.8) is 0 Å². The van der Waals surface area contributed by atoms with Crippen LogP contribution in [-0.2, 0) is 6.18 Å². The van der Waals surface area contributed by atoms with Crippen molar-refractivity contribution in [2.75, 3.05) is 43.1 Å². The molecule has 7 nitrogen and oxygen atoms in total. The van der Waals surface area contributed by atoms with Crippen LogP contribution in [0.25, 0.3) is 0 Å². The van der Waals surface area contributed by atoms with E-state index in [-0.39, 0.29) is 5.82 Å². The van der Waals surface area contributed by atoms with E-state index in [2.05, 4.69) is 25.9 Å². The van der Waals surface area contributed by atoms with Crippen LogP contribution in [0.15, 0.2) is 30.3 Å². The fourth-order valence-corrected chi connectivity index (χ4v) is 2.25. The number of alkyl halides is 3. The molecule has 0 atom stereocenters. The lowest BCUT2D eigenvalue weighted by Gasteiger charge is -2.13. The lowest BCUT2D eigenvalue weighted by Crippen LogP contribution is -2.23. The van der Waals surface area contributed by atoms with Crippen molar-refractivity contribution in [3.8, 4) is 0 Å². The first-order chi connectivity index (χ1) is 13.1. The quantitative estimate of drug-likeness (QED) is 0.620. The van der Waals surface area contributed by atoms with Gasteiger partial charge in [0.15, 0.2) is 5.69 Å². The summed E-state index contributed by atoms with van der Waals surface area (Å²) in [6.07, 6.45) is -3.94. The molecule has 2 amide bonds. The Morgan fingerprint density at radius 3 is 2.39 bits per heavy atom. The van der Waals surface area contributed by atoms with Crippen LogP contribution in [0, 0.1) is 6.92 Å². The zero-order chi connectivity index (χ0) is 20.7. The van der Waals surface area contributed by atoms with Crippen molar-refractivity contribution in [2.24, 2.45) is 0 Å². The van der Waals surface area contributed by atoms with E-state index in [1.807, 2.05) is 25.9 Å². The molecule has 0 bridgehead atoms. The zero-order valence-corrected chi connectivity index (χ0v) is 15.9. The number of amides is 2. The maximum Gasteiger partial charge on any atom is 0.433 e. The van der Waals surface area contributed by atoms with E-state index >= 15 is 0 Å². The van der Waals surface area contributed by atoms with Gasteiger partial charge in [0.2, 0.25) is 5.95 Å². The molecule has 1 heterocycles.